The second-order valence-electron chi connectivity index (χ2n) is 7.73. The maximum Gasteiger partial charge on any atom is 0.137 e. The third-order valence-corrected chi connectivity index (χ3v) is 5.73. The smallest absolute Gasteiger partial charge is 0.137 e. The molecule has 2 fully saturated rings. The minimum absolute atomic E-state index is 0.801. The number of hydrogen-bond acceptors (Lipinski definition) is 4. The second-order valence-corrected chi connectivity index (χ2v) is 7.73. The fourth-order valence-electron chi connectivity index (χ4n) is 4.47. The molecule has 128 valence electrons. The van der Waals surface area contributed by atoms with Gasteiger partial charge >= 0.3 is 0 Å². The van der Waals surface area contributed by atoms with E-state index < -0.39 is 0 Å². The van der Waals surface area contributed by atoms with E-state index in [1.165, 1.54) is 48.4 Å². The standard InChI is InChI=1S/C19H27N5/c1-14-4-15(2)17(11-24-13-20-12-21-24)5-16(14)8-23-9-18-6-22(3)7-19(18)10-23/h4-5,12-13,18-19H,6-11H2,1-3H3/t18-,19+. The number of fused-ring (bicyclic) bond motifs is 1. The van der Waals surface area contributed by atoms with E-state index in [-0.39, 0.29) is 0 Å². The molecule has 0 N–H and O–H groups in total. The van der Waals surface area contributed by atoms with Crippen LogP contribution < -0.4 is 0 Å². The van der Waals surface area contributed by atoms with Crippen LogP contribution in [0.2, 0.25) is 0 Å². The number of nitrogens with zero attached hydrogens (tertiary/aromatic N) is 5. The van der Waals surface area contributed by atoms with Gasteiger partial charge in [-0.15, -0.1) is 0 Å². The molecule has 0 unspecified atom stereocenters. The van der Waals surface area contributed by atoms with Gasteiger partial charge in [-0.3, -0.25) is 4.90 Å². The molecule has 5 nitrogen and oxygen atoms in total. The fourth-order valence-corrected chi connectivity index (χ4v) is 4.47. The number of benzene rings is 1. The zero-order valence-electron chi connectivity index (χ0n) is 14.9. The average Bonchev–Trinajstić information content (AvgIpc) is 3.20. The Hall–Kier alpha value is -1.72. The average molecular weight is 325 g/mol. The van der Waals surface area contributed by atoms with E-state index in [2.05, 4.69) is 52.9 Å². The van der Waals surface area contributed by atoms with Crippen LogP contribution in [0.15, 0.2) is 24.8 Å². The van der Waals surface area contributed by atoms with Crippen molar-refractivity contribution in [2.75, 3.05) is 33.2 Å². The lowest BCUT2D eigenvalue weighted by Gasteiger charge is -2.21. The van der Waals surface area contributed by atoms with Gasteiger partial charge in [-0.05, 0) is 55.0 Å². The summed E-state index contributed by atoms with van der Waals surface area (Å²) < 4.78 is 1.90. The lowest BCUT2D eigenvalue weighted by molar-refractivity contribution is 0.271. The monoisotopic (exact) mass is 325 g/mol. The molecule has 3 heterocycles. The Kier molecular flexibility index (Phi) is 4.14. The summed E-state index contributed by atoms with van der Waals surface area (Å²) in [6.07, 6.45) is 3.39. The molecule has 5 heteroatoms. The number of hydrogen-bond donors (Lipinski definition) is 0. The summed E-state index contributed by atoms with van der Waals surface area (Å²) in [6, 6.07) is 4.71. The maximum absolute atomic E-state index is 4.24. The Bertz CT molecular complexity index is 695. The van der Waals surface area contributed by atoms with Gasteiger partial charge in [0.15, 0.2) is 0 Å². The summed E-state index contributed by atoms with van der Waals surface area (Å²) in [4.78, 5) is 9.19. The molecular formula is C19H27N5. The topological polar surface area (TPSA) is 37.2 Å². The number of likely N-dealkylation sites (tertiary alicyclic amines) is 2. The zero-order valence-corrected chi connectivity index (χ0v) is 14.9. The summed E-state index contributed by atoms with van der Waals surface area (Å²) in [7, 11) is 2.25. The molecule has 2 aliphatic rings. The summed E-state index contributed by atoms with van der Waals surface area (Å²) in [5.41, 5.74) is 5.56. The zero-order chi connectivity index (χ0) is 16.7. The molecule has 0 amide bonds. The summed E-state index contributed by atoms with van der Waals surface area (Å²) >= 11 is 0. The van der Waals surface area contributed by atoms with E-state index in [9.17, 15) is 0 Å². The first-order valence-electron chi connectivity index (χ1n) is 8.91. The van der Waals surface area contributed by atoms with Crippen molar-refractivity contribution in [3.63, 3.8) is 0 Å². The van der Waals surface area contributed by atoms with Crippen LogP contribution in [0.4, 0.5) is 0 Å². The molecule has 2 aliphatic heterocycles. The van der Waals surface area contributed by atoms with Gasteiger partial charge in [0.05, 0.1) is 6.54 Å². The predicted molar refractivity (Wildman–Crippen MR) is 94.8 cm³/mol. The minimum atomic E-state index is 0.801. The third-order valence-electron chi connectivity index (χ3n) is 5.73. The molecule has 4 rings (SSSR count). The minimum Gasteiger partial charge on any atom is -0.306 e. The Morgan fingerprint density at radius 2 is 1.62 bits per heavy atom. The lowest BCUT2D eigenvalue weighted by Crippen LogP contribution is -2.26. The van der Waals surface area contributed by atoms with Crippen molar-refractivity contribution in [2.24, 2.45) is 11.8 Å². The van der Waals surface area contributed by atoms with Crippen molar-refractivity contribution >= 4 is 0 Å². The number of rotatable bonds is 4. The van der Waals surface area contributed by atoms with Crippen LogP contribution in [-0.4, -0.2) is 57.8 Å². The van der Waals surface area contributed by atoms with Crippen molar-refractivity contribution in [3.05, 3.63) is 47.0 Å². The molecule has 0 radical (unpaired) electrons. The normalized spacial score (nSPS) is 24.6. The van der Waals surface area contributed by atoms with Gasteiger partial charge in [0.25, 0.3) is 0 Å². The SMILES string of the molecule is Cc1cc(C)c(Cn2cncn2)cc1CN1C[C@H]2CN(C)C[C@H]2C1. The van der Waals surface area contributed by atoms with Crippen LogP contribution in [0.3, 0.4) is 0 Å². The molecule has 2 saturated heterocycles. The lowest BCUT2D eigenvalue weighted by atomic mass is 9.99. The highest BCUT2D eigenvalue weighted by molar-refractivity contribution is 5.37. The van der Waals surface area contributed by atoms with Gasteiger partial charge < -0.3 is 4.90 Å². The van der Waals surface area contributed by atoms with Crippen LogP contribution in [0.5, 0.6) is 0 Å². The Balaban J connectivity index is 1.49. The highest BCUT2D eigenvalue weighted by Gasteiger charge is 2.38. The van der Waals surface area contributed by atoms with Crippen LogP contribution in [0.25, 0.3) is 0 Å². The summed E-state index contributed by atoms with van der Waals surface area (Å²) in [5.74, 6) is 1.74. The molecular weight excluding hydrogens is 298 g/mol. The number of aryl methyl sites for hydroxylation is 2. The van der Waals surface area contributed by atoms with Gasteiger partial charge in [-0.25, -0.2) is 9.67 Å². The van der Waals surface area contributed by atoms with Crippen molar-refractivity contribution in [1.29, 1.82) is 0 Å². The van der Waals surface area contributed by atoms with Gasteiger partial charge in [0, 0.05) is 32.7 Å². The predicted octanol–water partition coefficient (Wildman–Crippen LogP) is 1.94. The molecule has 0 spiro atoms. The van der Waals surface area contributed by atoms with Crippen LogP contribution in [0, 0.1) is 25.7 Å². The molecule has 24 heavy (non-hydrogen) atoms. The van der Waals surface area contributed by atoms with Crippen molar-refractivity contribution in [1.82, 2.24) is 24.6 Å². The van der Waals surface area contributed by atoms with E-state index >= 15 is 0 Å². The second kappa shape index (κ2) is 6.30. The Morgan fingerprint density at radius 3 is 2.25 bits per heavy atom. The van der Waals surface area contributed by atoms with Gasteiger partial charge in [-0.1, -0.05) is 12.1 Å². The quantitative estimate of drug-likeness (QED) is 0.861. The molecule has 0 aliphatic carbocycles. The first kappa shape index (κ1) is 15.8. The highest BCUT2D eigenvalue weighted by atomic mass is 15.3. The van der Waals surface area contributed by atoms with E-state index in [1.54, 1.807) is 12.7 Å². The molecule has 0 bridgehead atoms. The molecule has 1 aromatic carbocycles. The molecule has 2 aromatic rings. The first-order valence-corrected chi connectivity index (χ1v) is 8.91. The third kappa shape index (κ3) is 3.10. The van der Waals surface area contributed by atoms with Gasteiger partial charge in [-0.2, -0.15) is 5.10 Å². The number of aromatic nitrogens is 3. The molecule has 2 atom stereocenters. The fraction of sp³-hybridized carbons (Fsp3) is 0.579. The summed E-state index contributed by atoms with van der Waals surface area (Å²) in [5, 5.41) is 4.24. The molecule has 1 aromatic heterocycles. The van der Waals surface area contributed by atoms with E-state index in [0.717, 1.165) is 24.9 Å². The van der Waals surface area contributed by atoms with Crippen LogP contribution in [0.1, 0.15) is 22.3 Å². The van der Waals surface area contributed by atoms with Crippen molar-refractivity contribution in [3.8, 4) is 0 Å². The van der Waals surface area contributed by atoms with Gasteiger partial charge in [0.2, 0.25) is 0 Å². The maximum atomic E-state index is 4.24. The Labute approximate surface area is 144 Å². The van der Waals surface area contributed by atoms with E-state index in [1.807, 2.05) is 4.68 Å². The first-order chi connectivity index (χ1) is 11.6. The van der Waals surface area contributed by atoms with Gasteiger partial charge in [0.1, 0.15) is 12.7 Å². The van der Waals surface area contributed by atoms with Crippen molar-refractivity contribution in [2.45, 2.75) is 26.9 Å². The van der Waals surface area contributed by atoms with E-state index in [0.29, 0.717) is 0 Å². The van der Waals surface area contributed by atoms with Crippen LogP contribution >= 0.6 is 0 Å². The van der Waals surface area contributed by atoms with E-state index in [4.69, 9.17) is 0 Å². The molecule has 0 saturated carbocycles. The Morgan fingerprint density at radius 1 is 0.958 bits per heavy atom. The van der Waals surface area contributed by atoms with Crippen LogP contribution in [-0.2, 0) is 13.1 Å². The largest absolute Gasteiger partial charge is 0.306 e. The van der Waals surface area contributed by atoms with Crippen molar-refractivity contribution < 1.29 is 0 Å². The summed E-state index contributed by atoms with van der Waals surface area (Å²) in [6.45, 7) is 11.4. The highest BCUT2D eigenvalue weighted by Crippen LogP contribution is 2.31.